The van der Waals surface area contributed by atoms with Crippen LogP contribution in [-0.4, -0.2) is 36.5 Å². The number of methoxy groups -OCH3 is 1. The summed E-state index contributed by atoms with van der Waals surface area (Å²) in [5.74, 6) is -1.33. The normalized spacial score (nSPS) is 21.9. The first-order chi connectivity index (χ1) is 10.8. The Morgan fingerprint density at radius 3 is 2.48 bits per heavy atom. The Morgan fingerprint density at radius 1 is 1.26 bits per heavy atom. The Kier molecular flexibility index (Phi) is 4.97. The molecule has 4 nitrogen and oxygen atoms in total. The molecule has 1 fully saturated rings. The van der Waals surface area contributed by atoms with E-state index in [1.165, 1.54) is 30.2 Å². The predicted molar refractivity (Wildman–Crippen MR) is 76.7 cm³/mol. The van der Waals surface area contributed by atoms with Crippen molar-refractivity contribution in [2.45, 2.75) is 32.0 Å². The van der Waals surface area contributed by atoms with E-state index in [0.29, 0.717) is 12.8 Å². The third-order valence-corrected chi connectivity index (χ3v) is 4.13. The molecule has 0 bridgehead atoms. The minimum absolute atomic E-state index is 0.228. The van der Waals surface area contributed by atoms with Crippen molar-refractivity contribution in [3.05, 3.63) is 35.4 Å². The van der Waals surface area contributed by atoms with Crippen LogP contribution in [0.3, 0.4) is 0 Å². The lowest BCUT2D eigenvalue weighted by Gasteiger charge is -2.37. The van der Waals surface area contributed by atoms with Crippen LogP contribution in [0.25, 0.3) is 0 Å². The Labute approximate surface area is 132 Å². The molecule has 0 N–H and O–H groups in total. The number of rotatable bonds is 2. The molecule has 7 heteroatoms. The number of likely N-dealkylation sites (tertiary alicyclic amines) is 1. The predicted octanol–water partition coefficient (Wildman–Crippen LogP) is 3.12. The summed E-state index contributed by atoms with van der Waals surface area (Å²) >= 11 is 0. The van der Waals surface area contributed by atoms with Crippen molar-refractivity contribution in [1.82, 2.24) is 4.90 Å². The van der Waals surface area contributed by atoms with Gasteiger partial charge in [-0.05, 0) is 31.9 Å². The summed E-state index contributed by atoms with van der Waals surface area (Å²) in [5.41, 5.74) is -1.30. The van der Waals surface area contributed by atoms with Crippen LogP contribution in [0.1, 0.15) is 35.7 Å². The van der Waals surface area contributed by atoms with E-state index in [9.17, 15) is 22.8 Å². The van der Waals surface area contributed by atoms with Gasteiger partial charge in [0.15, 0.2) is 0 Å². The van der Waals surface area contributed by atoms with Crippen LogP contribution in [0.15, 0.2) is 24.3 Å². The molecule has 1 aliphatic heterocycles. The average Bonchev–Trinajstić information content (AvgIpc) is 2.52. The van der Waals surface area contributed by atoms with Crippen LogP contribution in [0, 0.1) is 5.92 Å². The van der Waals surface area contributed by atoms with Crippen LogP contribution in [-0.2, 0) is 15.7 Å². The van der Waals surface area contributed by atoms with E-state index >= 15 is 0 Å². The number of carbonyl (C=O) groups excluding carboxylic acids is 2. The van der Waals surface area contributed by atoms with Gasteiger partial charge in [0.05, 0.1) is 24.2 Å². The van der Waals surface area contributed by atoms with E-state index in [0.717, 1.165) is 6.07 Å². The van der Waals surface area contributed by atoms with Gasteiger partial charge in [-0.15, -0.1) is 0 Å². The second kappa shape index (κ2) is 6.60. The summed E-state index contributed by atoms with van der Waals surface area (Å²) in [6, 6.07) is 4.42. The van der Waals surface area contributed by atoms with E-state index < -0.39 is 17.6 Å². The topological polar surface area (TPSA) is 46.6 Å². The number of halogens is 3. The van der Waals surface area contributed by atoms with E-state index in [1.807, 2.05) is 0 Å². The molecule has 1 heterocycles. The molecule has 0 saturated carbocycles. The summed E-state index contributed by atoms with van der Waals surface area (Å²) in [7, 11) is 1.30. The highest BCUT2D eigenvalue weighted by Crippen LogP contribution is 2.33. The Bertz CT molecular complexity index is 600. The zero-order valence-electron chi connectivity index (χ0n) is 12.9. The van der Waals surface area contributed by atoms with Crippen molar-refractivity contribution in [2.75, 3.05) is 13.7 Å². The van der Waals surface area contributed by atoms with E-state index in [4.69, 9.17) is 4.74 Å². The lowest BCUT2D eigenvalue weighted by atomic mass is 9.91. The van der Waals surface area contributed by atoms with E-state index in [-0.39, 0.29) is 30.0 Å². The van der Waals surface area contributed by atoms with Gasteiger partial charge in [-0.1, -0.05) is 12.1 Å². The van der Waals surface area contributed by atoms with Crippen LogP contribution >= 0.6 is 0 Å². The standard InChI is InChI=1S/C16H18F3NO3/c1-10-9-11(15(22)23-2)7-8-20(10)14(21)12-5-3-4-6-13(12)16(17,18)19/h3-6,10-11H,7-9H2,1-2H3. The maximum absolute atomic E-state index is 13.1. The van der Waals surface area contributed by atoms with E-state index in [1.54, 1.807) is 6.92 Å². The number of amides is 1. The summed E-state index contributed by atoms with van der Waals surface area (Å²) < 4.78 is 43.9. The van der Waals surface area contributed by atoms with Crippen molar-refractivity contribution in [3.8, 4) is 0 Å². The molecule has 2 atom stereocenters. The summed E-state index contributed by atoms with van der Waals surface area (Å²) in [4.78, 5) is 25.5. The number of hydrogen-bond donors (Lipinski definition) is 0. The molecule has 0 spiro atoms. The molecule has 1 aromatic rings. The van der Waals surface area contributed by atoms with Crippen molar-refractivity contribution in [1.29, 1.82) is 0 Å². The summed E-state index contributed by atoms with van der Waals surface area (Å²) in [6.07, 6.45) is -3.82. The molecule has 0 aliphatic carbocycles. The fraction of sp³-hybridized carbons (Fsp3) is 0.500. The molecule has 2 rings (SSSR count). The lowest BCUT2D eigenvalue weighted by Crippen LogP contribution is -2.46. The lowest BCUT2D eigenvalue weighted by molar-refractivity contribution is -0.147. The highest BCUT2D eigenvalue weighted by molar-refractivity contribution is 5.96. The first kappa shape index (κ1) is 17.3. The van der Waals surface area contributed by atoms with Gasteiger partial charge < -0.3 is 9.64 Å². The van der Waals surface area contributed by atoms with Crippen LogP contribution in [0.2, 0.25) is 0 Å². The molecule has 23 heavy (non-hydrogen) atoms. The number of hydrogen-bond acceptors (Lipinski definition) is 3. The van der Waals surface area contributed by atoms with Gasteiger partial charge in [0, 0.05) is 12.6 Å². The largest absolute Gasteiger partial charge is 0.469 e. The number of alkyl halides is 3. The van der Waals surface area contributed by atoms with Crippen LogP contribution in [0.4, 0.5) is 13.2 Å². The second-order valence-electron chi connectivity index (χ2n) is 5.64. The smallest absolute Gasteiger partial charge is 0.417 e. The van der Waals surface area contributed by atoms with Gasteiger partial charge in [-0.2, -0.15) is 13.2 Å². The Hall–Kier alpha value is -2.05. The maximum Gasteiger partial charge on any atom is 0.417 e. The third-order valence-electron chi connectivity index (χ3n) is 4.13. The molecule has 1 aromatic carbocycles. The van der Waals surface area contributed by atoms with Gasteiger partial charge in [-0.25, -0.2) is 0 Å². The highest BCUT2D eigenvalue weighted by atomic mass is 19.4. The number of piperidine rings is 1. The monoisotopic (exact) mass is 329 g/mol. The quantitative estimate of drug-likeness (QED) is 0.783. The maximum atomic E-state index is 13.1. The Morgan fingerprint density at radius 2 is 1.91 bits per heavy atom. The second-order valence-corrected chi connectivity index (χ2v) is 5.64. The molecule has 1 aliphatic rings. The minimum Gasteiger partial charge on any atom is -0.469 e. The fourth-order valence-corrected chi connectivity index (χ4v) is 2.93. The molecule has 126 valence electrons. The number of carbonyl (C=O) groups is 2. The number of benzene rings is 1. The summed E-state index contributed by atoms with van der Waals surface area (Å²) in [5, 5.41) is 0. The minimum atomic E-state index is -4.58. The number of nitrogens with zero attached hydrogens (tertiary/aromatic N) is 1. The molecular formula is C16H18F3NO3. The van der Waals surface area contributed by atoms with E-state index in [2.05, 4.69) is 0 Å². The molecule has 2 unspecified atom stereocenters. The van der Waals surface area contributed by atoms with Crippen molar-refractivity contribution < 1.29 is 27.5 Å². The average molecular weight is 329 g/mol. The summed E-state index contributed by atoms with van der Waals surface area (Å²) in [6.45, 7) is 1.95. The van der Waals surface area contributed by atoms with Gasteiger partial charge in [-0.3, -0.25) is 9.59 Å². The zero-order valence-corrected chi connectivity index (χ0v) is 12.9. The van der Waals surface area contributed by atoms with Crippen molar-refractivity contribution >= 4 is 11.9 Å². The first-order valence-electron chi connectivity index (χ1n) is 7.30. The van der Waals surface area contributed by atoms with Crippen LogP contribution < -0.4 is 0 Å². The van der Waals surface area contributed by atoms with Gasteiger partial charge >= 0.3 is 12.1 Å². The Balaban J connectivity index is 2.21. The SMILES string of the molecule is COC(=O)C1CCN(C(=O)c2ccccc2C(F)(F)F)C(C)C1. The fourth-order valence-electron chi connectivity index (χ4n) is 2.93. The molecule has 0 aromatic heterocycles. The molecular weight excluding hydrogens is 311 g/mol. The van der Waals surface area contributed by atoms with Gasteiger partial charge in [0.1, 0.15) is 0 Å². The zero-order chi connectivity index (χ0) is 17.2. The van der Waals surface area contributed by atoms with Crippen molar-refractivity contribution in [3.63, 3.8) is 0 Å². The third kappa shape index (κ3) is 3.65. The molecule has 0 radical (unpaired) electrons. The molecule has 1 saturated heterocycles. The number of esters is 1. The van der Waals surface area contributed by atoms with Gasteiger partial charge in [0.25, 0.3) is 5.91 Å². The number of ether oxygens (including phenoxy) is 1. The van der Waals surface area contributed by atoms with Crippen LogP contribution in [0.5, 0.6) is 0 Å². The molecule has 1 amide bonds. The van der Waals surface area contributed by atoms with Gasteiger partial charge in [0.2, 0.25) is 0 Å². The van der Waals surface area contributed by atoms with Crippen molar-refractivity contribution in [2.24, 2.45) is 5.92 Å². The first-order valence-corrected chi connectivity index (χ1v) is 7.30. The highest BCUT2D eigenvalue weighted by Gasteiger charge is 2.38.